The maximum absolute atomic E-state index is 13.0. The van der Waals surface area contributed by atoms with Crippen LogP contribution in [0.1, 0.15) is 18.4 Å². The van der Waals surface area contributed by atoms with Crippen LogP contribution in [0.25, 0.3) is 0 Å². The Hall–Kier alpha value is -2.38. The molecule has 26 heavy (non-hydrogen) atoms. The van der Waals surface area contributed by atoms with Gasteiger partial charge in [0.15, 0.2) is 0 Å². The maximum Gasteiger partial charge on any atom is 0.243 e. The van der Waals surface area contributed by atoms with Crippen molar-refractivity contribution >= 4 is 21.6 Å². The fourth-order valence-corrected chi connectivity index (χ4v) is 4.69. The van der Waals surface area contributed by atoms with Crippen LogP contribution in [0.5, 0.6) is 5.75 Å². The molecule has 0 bridgehead atoms. The number of benzene rings is 2. The highest BCUT2D eigenvalue weighted by atomic mass is 32.2. The van der Waals surface area contributed by atoms with Crippen LogP contribution < -0.4 is 10.1 Å². The quantitative estimate of drug-likeness (QED) is 0.873. The summed E-state index contributed by atoms with van der Waals surface area (Å²) in [7, 11) is -2.22. The second-order valence-electron chi connectivity index (χ2n) is 6.30. The summed E-state index contributed by atoms with van der Waals surface area (Å²) in [6, 6.07) is 12.9. The molecule has 0 radical (unpaired) electrons. The number of aryl methyl sites for hydroxylation is 1. The normalized spacial score (nSPS) is 17.8. The van der Waals surface area contributed by atoms with Crippen LogP contribution in [-0.2, 0) is 14.8 Å². The van der Waals surface area contributed by atoms with Crippen molar-refractivity contribution in [3.05, 3.63) is 54.1 Å². The molecule has 1 saturated heterocycles. The maximum atomic E-state index is 13.0. The number of hydrogen-bond donors (Lipinski definition) is 1. The highest BCUT2D eigenvalue weighted by Gasteiger charge is 2.39. The van der Waals surface area contributed by atoms with E-state index >= 15 is 0 Å². The fourth-order valence-electron chi connectivity index (χ4n) is 3.04. The second-order valence-corrected chi connectivity index (χ2v) is 8.20. The predicted octanol–water partition coefficient (Wildman–Crippen LogP) is 2.80. The first kappa shape index (κ1) is 18.4. The average molecular weight is 374 g/mol. The minimum absolute atomic E-state index is 0.160. The summed E-state index contributed by atoms with van der Waals surface area (Å²) < 4.78 is 32.3. The first-order valence-electron chi connectivity index (χ1n) is 8.45. The van der Waals surface area contributed by atoms with Crippen LogP contribution in [0.15, 0.2) is 53.4 Å². The molecule has 0 aliphatic carbocycles. The van der Waals surface area contributed by atoms with Crippen molar-refractivity contribution in [2.45, 2.75) is 30.7 Å². The van der Waals surface area contributed by atoms with E-state index in [0.717, 1.165) is 5.56 Å². The Labute approximate surface area is 153 Å². The standard InChI is InChI=1S/C19H22N2O4S/c1-14-5-7-15(8-6-14)20-19(22)18-4-3-13-21(18)26(23,24)17-11-9-16(25-2)10-12-17/h5-12,18H,3-4,13H2,1-2H3,(H,20,22)/t18-/m0/s1. The van der Waals surface area contributed by atoms with E-state index in [2.05, 4.69) is 5.32 Å². The number of hydrogen-bond acceptors (Lipinski definition) is 4. The molecule has 2 aromatic rings. The Morgan fingerprint density at radius 1 is 1.12 bits per heavy atom. The van der Waals surface area contributed by atoms with E-state index in [1.165, 1.54) is 23.5 Å². The second kappa shape index (κ2) is 7.47. The van der Waals surface area contributed by atoms with E-state index < -0.39 is 16.1 Å². The molecule has 0 saturated carbocycles. The molecule has 3 rings (SSSR count). The summed E-state index contributed by atoms with van der Waals surface area (Å²) >= 11 is 0. The summed E-state index contributed by atoms with van der Waals surface area (Å²) in [5, 5.41) is 2.82. The van der Waals surface area contributed by atoms with Gasteiger partial charge in [0.05, 0.1) is 12.0 Å². The lowest BCUT2D eigenvalue weighted by Crippen LogP contribution is -2.43. The molecular formula is C19H22N2O4S. The van der Waals surface area contributed by atoms with Gasteiger partial charge in [0.1, 0.15) is 11.8 Å². The van der Waals surface area contributed by atoms with E-state index in [1.807, 2.05) is 31.2 Å². The van der Waals surface area contributed by atoms with E-state index in [9.17, 15) is 13.2 Å². The zero-order valence-corrected chi connectivity index (χ0v) is 15.6. The number of anilines is 1. The van der Waals surface area contributed by atoms with Crippen LogP contribution in [0.2, 0.25) is 0 Å². The minimum Gasteiger partial charge on any atom is -0.497 e. The summed E-state index contributed by atoms with van der Waals surface area (Å²) in [6.45, 7) is 2.30. The van der Waals surface area contributed by atoms with E-state index in [1.54, 1.807) is 12.1 Å². The lowest BCUT2D eigenvalue weighted by atomic mass is 10.2. The third kappa shape index (κ3) is 3.73. The molecule has 1 aliphatic heterocycles. The van der Waals surface area contributed by atoms with Gasteiger partial charge >= 0.3 is 0 Å². The number of sulfonamides is 1. The van der Waals surface area contributed by atoms with Gasteiger partial charge < -0.3 is 10.1 Å². The van der Waals surface area contributed by atoms with Crippen LogP contribution in [0.3, 0.4) is 0 Å². The van der Waals surface area contributed by atoms with E-state index in [0.29, 0.717) is 30.8 Å². The molecule has 0 aromatic heterocycles. The number of carbonyl (C=O) groups is 1. The lowest BCUT2D eigenvalue weighted by molar-refractivity contribution is -0.119. The summed E-state index contributed by atoms with van der Waals surface area (Å²) in [4.78, 5) is 12.8. The van der Waals surface area contributed by atoms with Gasteiger partial charge in [-0.2, -0.15) is 4.31 Å². The zero-order valence-electron chi connectivity index (χ0n) is 14.8. The third-order valence-corrected chi connectivity index (χ3v) is 6.41. The van der Waals surface area contributed by atoms with Crippen LogP contribution >= 0.6 is 0 Å². The molecule has 1 aliphatic rings. The number of ether oxygens (including phenoxy) is 1. The molecule has 0 spiro atoms. The van der Waals surface area contributed by atoms with Gasteiger partial charge in [-0.3, -0.25) is 4.79 Å². The Balaban J connectivity index is 1.79. The number of carbonyl (C=O) groups excluding carboxylic acids is 1. The smallest absolute Gasteiger partial charge is 0.243 e. The number of nitrogens with one attached hydrogen (secondary N) is 1. The molecule has 1 fully saturated rings. The highest BCUT2D eigenvalue weighted by molar-refractivity contribution is 7.89. The Bertz CT molecular complexity index is 877. The van der Waals surface area contributed by atoms with E-state index in [4.69, 9.17) is 4.74 Å². The van der Waals surface area contributed by atoms with Gasteiger partial charge in [0.25, 0.3) is 0 Å². The van der Waals surface area contributed by atoms with Crippen molar-refractivity contribution in [1.82, 2.24) is 4.31 Å². The number of amides is 1. The van der Waals surface area contributed by atoms with Crippen molar-refractivity contribution in [2.24, 2.45) is 0 Å². The minimum atomic E-state index is -3.74. The predicted molar refractivity (Wildman–Crippen MR) is 99.7 cm³/mol. The summed E-state index contributed by atoms with van der Waals surface area (Å²) in [6.07, 6.45) is 1.16. The molecule has 7 heteroatoms. The molecule has 0 unspecified atom stereocenters. The first-order chi connectivity index (χ1) is 12.4. The first-order valence-corrected chi connectivity index (χ1v) is 9.89. The number of methoxy groups -OCH3 is 1. The molecule has 2 aromatic carbocycles. The summed E-state index contributed by atoms with van der Waals surface area (Å²) in [5.74, 6) is 0.280. The molecule has 6 nitrogen and oxygen atoms in total. The molecule has 1 atom stereocenters. The van der Waals surface area contributed by atoms with Gasteiger partial charge in [-0.05, 0) is 56.2 Å². The Kier molecular flexibility index (Phi) is 5.29. The topological polar surface area (TPSA) is 75.7 Å². The van der Waals surface area contributed by atoms with Crippen molar-refractivity contribution < 1.29 is 17.9 Å². The van der Waals surface area contributed by atoms with Crippen molar-refractivity contribution in [3.8, 4) is 5.75 Å². The van der Waals surface area contributed by atoms with Gasteiger partial charge in [0.2, 0.25) is 15.9 Å². The van der Waals surface area contributed by atoms with Crippen molar-refractivity contribution in [3.63, 3.8) is 0 Å². The van der Waals surface area contributed by atoms with E-state index in [-0.39, 0.29) is 10.8 Å². The molecule has 138 valence electrons. The SMILES string of the molecule is COc1ccc(S(=O)(=O)N2CCC[C@H]2C(=O)Nc2ccc(C)cc2)cc1. The Morgan fingerprint density at radius 2 is 1.77 bits per heavy atom. The molecular weight excluding hydrogens is 352 g/mol. The van der Waals surface area contributed by atoms with Crippen LogP contribution in [0, 0.1) is 6.92 Å². The molecule has 1 heterocycles. The van der Waals surface area contributed by atoms with Crippen molar-refractivity contribution in [2.75, 3.05) is 19.0 Å². The van der Waals surface area contributed by atoms with Crippen LogP contribution in [-0.4, -0.2) is 38.3 Å². The van der Waals surface area contributed by atoms with Crippen molar-refractivity contribution in [1.29, 1.82) is 0 Å². The van der Waals surface area contributed by atoms with Crippen LogP contribution in [0.4, 0.5) is 5.69 Å². The number of nitrogens with zero attached hydrogens (tertiary/aromatic N) is 1. The van der Waals surface area contributed by atoms with Gasteiger partial charge in [-0.25, -0.2) is 8.42 Å². The average Bonchev–Trinajstić information content (AvgIpc) is 3.14. The van der Waals surface area contributed by atoms with Gasteiger partial charge in [-0.15, -0.1) is 0 Å². The lowest BCUT2D eigenvalue weighted by Gasteiger charge is -2.23. The Morgan fingerprint density at radius 3 is 2.38 bits per heavy atom. The molecule has 1 N–H and O–H groups in total. The monoisotopic (exact) mass is 374 g/mol. The summed E-state index contributed by atoms with van der Waals surface area (Å²) in [5.41, 5.74) is 1.75. The van der Waals surface area contributed by atoms with Gasteiger partial charge in [0, 0.05) is 12.2 Å². The van der Waals surface area contributed by atoms with Gasteiger partial charge in [-0.1, -0.05) is 17.7 Å². The zero-order chi connectivity index (χ0) is 18.7. The number of rotatable bonds is 5. The fraction of sp³-hybridized carbons (Fsp3) is 0.316. The third-order valence-electron chi connectivity index (χ3n) is 4.49. The molecule has 1 amide bonds. The largest absolute Gasteiger partial charge is 0.497 e. The highest BCUT2D eigenvalue weighted by Crippen LogP contribution is 2.28.